The maximum absolute atomic E-state index is 12.9. The molecule has 3 aromatic rings. The van der Waals surface area contributed by atoms with Gasteiger partial charge in [-0.25, -0.2) is 4.98 Å². The van der Waals surface area contributed by atoms with Gasteiger partial charge in [0, 0.05) is 21.6 Å². The summed E-state index contributed by atoms with van der Waals surface area (Å²) in [6.07, 6.45) is 0.208. The predicted molar refractivity (Wildman–Crippen MR) is 110 cm³/mol. The lowest BCUT2D eigenvalue weighted by Crippen LogP contribution is -2.14. The summed E-state index contributed by atoms with van der Waals surface area (Å²) < 4.78 is 38.8. The van der Waals surface area contributed by atoms with Crippen LogP contribution in [0, 0.1) is 6.92 Å². The van der Waals surface area contributed by atoms with Crippen LogP contribution in [0.15, 0.2) is 29.6 Å². The first-order valence-electron chi connectivity index (χ1n) is 9.34. The van der Waals surface area contributed by atoms with Gasteiger partial charge in [0.15, 0.2) is 5.13 Å². The highest BCUT2D eigenvalue weighted by atomic mass is 32.1. The zero-order valence-corrected chi connectivity index (χ0v) is 17.4. The van der Waals surface area contributed by atoms with Gasteiger partial charge in [-0.15, -0.1) is 22.7 Å². The van der Waals surface area contributed by atoms with E-state index in [1.807, 2.05) is 12.3 Å². The molecule has 0 spiro atoms. The fraction of sp³-hybridized carbons (Fsp3) is 0.333. The van der Waals surface area contributed by atoms with Crippen LogP contribution in [-0.4, -0.2) is 10.9 Å². The zero-order valence-electron chi connectivity index (χ0n) is 15.7. The summed E-state index contributed by atoms with van der Waals surface area (Å²) in [5.41, 5.74) is 2.49. The predicted octanol–water partition coefficient (Wildman–Crippen LogP) is 6.25. The molecule has 0 radical (unpaired) electrons. The van der Waals surface area contributed by atoms with Crippen molar-refractivity contribution in [3.05, 3.63) is 67.3 Å². The summed E-state index contributed by atoms with van der Waals surface area (Å²) in [6, 6.07) is 5.31. The Bertz CT molecular complexity index is 1050. The number of fused-ring (bicyclic) bond motifs is 1. The van der Waals surface area contributed by atoms with Crippen LogP contribution >= 0.6 is 22.7 Å². The van der Waals surface area contributed by atoms with Crippen molar-refractivity contribution in [3.8, 4) is 0 Å². The third-order valence-corrected chi connectivity index (χ3v) is 7.20. The van der Waals surface area contributed by atoms with Crippen molar-refractivity contribution in [2.45, 2.75) is 45.2 Å². The van der Waals surface area contributed by atoms with Gasteiger partial charge in [0.25, 0.3) is 5.91 Å². The average Bonchev–Trinajstić information content (AvgIpc) is 3.25. The first kappa shape index (κ1) is 20.1. The second-order valence-electron chi connectivity index (χ2n) is 7.11. The molecule has 0 saturated carbocycles. The molecule has 1 aliphatic rings. The molecule has 3 nitrogen and oxygen atoms in total. The van der Waals surface area contributed by atoms with Crippen LogP contribution in [0.25, 0.3) is 0 Å². The molecule has 0 aliphatic heterocycles. The molecule has 0 fully saturated rings. The fourth-order valence-electron chi connectivity index (χ4n) is 3.54. The van der Waals surface area contributed by atoms with Crippen molar-refractivity contribution in [1.82, 2.24) is 4.98 Å². The van der Waals surface area contributed by atoms with E-state index in [0.717, 1.165) is 53.1 Å². The zero-order chi connectivity index (χ0) is 20.6. The second-order valence-corrected chi connectivity index (χ2v) is 9.16. The minimum atomic E-state index is -4.36. The van der Waals surface area contributed by atoms with E-state index in [4.69, 9.17) is 0 Å². The van der Waals surface area contributed by atoms with Crippen LogP contribution in [-0.2, 0) is 25.4 Å². The lowest BCUT2D eigenvalue weighted by Gasteiger charge is -2.12. The molecule has 0 saturated heterocycles. The van der Waals surface area contributed by atoms with Crippen LogP contribution in [0.3, 0.4) is 0 Å². The van der Waals surface area contributed by atoms with Crippen molar-refractivity contribution in [3.63, 3.8) is 0 Å². The molecule has 152 valence electrons. The molecule has 0 bridgehead atoms. The minimum Gasteiger partial charge on any atom is -0.298 e. The first-order chi connectivity index (χ1) is 13.8. The fourth-order valence-corrected chi connectivity index (χ4v) is 5.66. The third-order valence-electron chi connectivity index (χ3n) is 5.04. The van der Waals surface area contributed by atoms with E-state index in [1.165, 1.54) is 28.7 Å². The number of aromatic nitrogens is 1. The average molecular weight is 437 g/mol. The topological polar surface area (TPSA) is 42.0 Å². The number of halogens is 3. The van der Waals surface area contributed by atoms with Gasteiger partial charge in [-0.1, -0.05) is 18.2 Å². The number of rotatable bonds is 4. The Morgan fingerprint density at radius 2 is 2.03 bits per heavy atom. The van der Waals surface area contributed by atoms with Crippen molar-refractivity contribution < 1.29 is 18.0 Å². The number of hydrogen-bond donors (Lipinski definition) is 1. The van der Waals surface area contributed by atoms with Gasteiger partial charge in [0.2, 0.25) is 0 Å². The summed E-state index contributed by atoms with van der Waals surface area (Å²) in [4.78, 5) is 19.3. The molecular formula is C21H19F3N2OS2. The molecule has 29 heavy (non-hydrogen) atoms. The maximum atomic E-state index is 12.9. The highest BCUT2D eigenvalue weighted by molar-refractivity contribution is 7.16. The summed E-state index contributed by atoms with van der Waals surface area (Å²) >= 11 is 2.94. The number of carbonyl (C=O) groups is 1. The van der Waals surface area contributed by atoms with E-state index >= 15 is 0 Å². The Morgan fingerprint density at radius 1 is 1.24 bits per heavy atom. The molecule has 8 heteroatoms. The monoisotopic (exact) mass is 436 g/mol. The molecule has 0 atom stereocenters. The third kappa shape index (κ3) is 4.38. The molecule has 4 rings (SSSR count). The molecule has 2 heterocycles. The van der Waals surface area contributed by atoms with E-state index in [0.29, 0.717) is 17.1 Å². The Balaban J connectivity index is 1.50. The van der Waals surface area contributed by atoms with Gasteiger partial charge in [0.1, 0.15) is 0 Å². The minimum absolute atomic E-state index is 0.163. The maximum Gasteiger partial charge on any atom is 0.416 e. The number of nitrogens with zero attached hydrogens (tertiary/aromatic N) is 1. The Labute approximate surface area is 174 Å². The summed E-state index contributed by atoms with van der Waals surface area (Å²) in [6.45, 7) is 1.81. The molecule has 0 unspecified atom stereocenters. The van der Waals surface area contributed by atoms with Gasteiger partial charge in [-0.3, -0.25) is 10.1 Å². The SMILES string of the molecule is Cc1nc(NC(=O)c2csc3c2CCCC3)sc1Cc1cccc(C(F)(F)F)c1. The number of thiophene rings is 1. The first-order valence-corrected chi connectivity index (χ1v) is 11.0. The summed E-state index contributed by atoms with van der Waals surface area (Å²) in [5.74, 6) is -0.163. The lowest BCUT2D eigenvalue weighted by molar-refractivity contribution is -0.137. The molecule has 1 aromatic carbocycles. The number of aryl methyl sites for hydroxylation is 2. The van der Waals surface area contributed by atoms with Gasteiger partial charge in [0.05, 0.1) is 16.8 Å². The number of carbonyl (C=O) groups excluding carboxylic acids is 1. The standard InChI is InChI=1S/C21H19F3N2OS2/c1-12-18(10-13-5-4-6-14(9-13)21(22,23)24)29-20(25-12)26-19(27)16-11-28-17-8-3-2-7-15(16)17/h4-6,9,11H,2-3,7-8,10H2,1H3,(H,25,26,27). The van der Waals surface area contributed by atoms with Gasteiger partial charge in [-0.2, -0.15) is 13.2 Å². The molecule has 1 amide bonds. The number of hydrogen-bond acceptors (Lipinski definition) is 4. The van der Waals surface area contributed by atoms with Crippen LogP contribution in [0.5, 0.6) is 0 Å². The van der Waals surface area contributed by atoms with Crippen molar-refractivity contribution in [2.24, 2.45) is 0 Å². The number of alkyl halides is 3. The van der Waals surface area contributed by atoms with Gasteiger partial charge in [-0.05, 0) is 49.8 Å². The number of anilines is 1. The molecular weight excluding hydrogens is 417 g/mol. The van der Waals surface area contributed by atoms with Gasteiger partial charge < -0.3 is 0 Å². The summed E-state index contributed by atoms with van der Waals surface area (Å²) in [7, 11) is 0. The molecule has 1 N–H and O–H groups in total. The lowest BCUT2D eigenvalue weighted by atomic mass is 9.96. The Kier molecular flexibility index (Phi) is 5.48. The van der Waals surface area contributed by atoms with Crippen molar-refractivity contribution in [2.75, 3.05) is 5.32 Å². The van der Waals surface area contributed by atoms with Crippen molar-refractivity contribution >= 4 is 33.7 Å². The smallest absolute Gasteiger partial charge is 0.298 e. The molecule has 1 aliphatic carbocycles. The largest absolute Gasteiger partial charge is 0.416 e. The Morgan fingerprint density at radius 3 is 2.83 bits per heavy atom. The number of amides is 1. The van der Waals surface area contributed by atoms with E-state index in [9.17, 15) is 18.0 Å². The highest BCUT2D eigenvalue weighted by Gasteiger charge is 2.30. The van der Waals surface area contributed by atoms with E-state index in [-0.39, 0.29) is 5.91 Å². The van der Waals surface area contributed by atoms with Crippen molar-refractivity contribution in [1.29, 1.82) is 0 Å². The van der Waals surface area contributed by atoms with Gasteiger partial charge >= 0.3 is 6.18 Å². The van der Waals surface area contributed by atoms with E-state index in [2.05, 4.69) is 10.3 Å². The molecule has 2 aromatic heterocycles. The van der Waals surface area contributed by atoms with E-state index in [1.54, 1.807) is 17.4 Å². The highest BCUT2D eigenvalue weighted by Crippen LogP contribution is 2.33. The second kappa shape index (κ2) is 7.91. The quantitative estimate of drug-likeness (QED) is 0.525. The van der Waals surface area contributed by atoms with Crippen LogP contribution in [0.2, 0.25) is 0 Å². The van der Waals surface area contributed by atoms with Crippen LogP contribution in [0.4, 0.5) is 18.3 Å². The number of benzene rings is 1. The summed E-state index contributed by atoms with van der Waals surface area (Å²) in [5, 5.41) is 5.26. The van der Waals surface area contributed by atoms with E-state index < -0.39 is 11.7 Å². The Hall–Kier alpha value is -2.19. The number of nitrogens with one attached hydrogen (secondary N) is 1. The van der Waals surface area contributed by atoms with Crippen LogP contribution < -0.4 is 5.32 Å². The number of thiazole rings is 1. The van der Waals surface area contributed by atoms with Crippen LogP contribution in [0.1, 0.15) is 55.3 Å². The normalized spacial score (nSPS) is 13.9.